The first-order valence-electron chi connectivity index (χ1n) is 4.58. The molecule has 1 aliphatic heterocycles. The van der Waals surface area contributed by atoms with E-state index in [1.807, 2.05) is 0 Å². The first-order valence-corrected chi connectivity index (χ1v) is 4.58. The fourth-order valence-corrected chi connectivity index (χ4v) is 1.56. The third kappa shape index (κ3) is 2.28. The normalized spacial score (nSPS) is 43.2. The van der Waals surface area contributed by atoms with Gasteiger partial charge in [-0.1, -0.05) is 0 Å². The molecule has 1 unspecified atom stereocenters. The Hall–Kier alpha value is -0.280. The molecule has 1 saturated heterocycles. The maximum absolute atomic E-state index is 9.58. The standard InChI is InChI=1S/C8H16O7/c1-4(11)14-8(3-10)7(13)6(12)5(2-9)15-8/h4-7,9-13H,2-3H2,1H3/t4?,5-,6-,7+,8+/m1/s1. The minimum atomic E-state index is -1.89. The van der Waals surface area contributed by atoms with E-state index in [0.29, 0.717) is 0 Å². The smallest absolute Gasteiger partial charge is 0.223 e. The Morgan fingerprint density at radius 3 is 2.33 bits per heavy atom. The molecule has 0 spiro atoms. The van der Waals surface area contributed by atoms with Gasteiger partial charge in [0.25, 0.3) is 0 Å². The fourth-order valence-electron chi connectivity index (χ4n) is 1.56. The molecule has 1 aliphatic rings. The van der Waals surface area contributed by atoms with Gasteiger partial charge < -0.3 is 35.0 Å². The average molecular weight is 224 g/mol. The summed E-state index contributed by atoms with van der Waals surface area (Å²) in [7, 11) is 0. The van der Waals surface area contributed by atoms with E-state index >= 15 is 0 Å². The van der Waals surface area contributed by atoms with Gasteiger partial charge in [-0.15, -0.1) is 0 Å². The molecule has 7 heteroatoms. The van der Waals surface area contributed by atoms with E-state index in [-0.39, 0.29) is 0 Å². The highest BCUT2D eigenvalue weighted by atomic mass is 16.8. The summed E-state index contributed by atoms with van der Waals surface area (Å²) in [5, 5.41) is 45.9. The lowest BCUT2D eigenvalue weighted by molar-refractivity contribution is -0.322. The van der Waals surface area contributed by atoms with Gasteiger partial charge in [-0.25, -0.2) is 0 Å². The lowest BCUT2D eigenvalue weighted by Crippen LogP contribution is -2.50. The van der Waals surface area contributed by atoms with Crippen molar-refractivity contribution in [3.63, 3.8) is 0 Å². The van der Waals surface area contributed by atoms with Crippen LogP contribution in [0.15, 0.2) is 0 Å². The zero-order valence-corrected chi connectivity index (χ0v) is 8.28. The largest absolute Gasteiger partial charge is 0.394 e. The molecule has 1 heterocycles. The number of rotatable bonds is 4. The summed E-state index contributed by atoms with van der Waals surface area (Å²) >= 11 is 0. The second-order valence-corrected chi connectivity index (χ2v) is 3.46. The van der Waals surface area contributed by atoms with Crippen LogP contribution in [0.5, 0.6) is 0 Å². The van der Waals surface area contributed by atoms with Gasteiger partial charge in [-0.3, -0.25) is 0 Å². The number of aliphatic hydroxyl groups is 5. The van der Waals surface area contributed by atoms with Gasteiger partial charge >= 0.3 is 0 Å². The van der Waals surface area contributed by atoms with Crippen LogP contribution in [0.25, 0.3) is 0 Å². The molecule has 0 aromatic rings. The van der Waals surface area contributed by atoms with Crippen molar-refractivity contribution in [2.24, 2.45) is 0 Å². The van der Waals surface area contributed by atoms with Gasteiger partial charge in [0.05, 0.1) is 6.61 Å². The second-order valence-electron chi connectivity index (χ2n) is 3.46. The molecule has 0 aromatic heterocycles. The molecule has 7 nitrogen and oxygen atoms in total. The molecule has 0 bridgehead atoms. The van der Waals surface area contributed by atoms with Crippen LogP contribution in [0.1, 0.15) is 6.92 Å². The Kier molecular flexibility index (Phi) is 4.01. The first kappa shape index (κ1) is 12.8. The number of aliphatic hydroxyl groups excluding tert-OH is 5. The molecule has 0 amide bonds. The quantitative estimate of drug-likeness (QED) is 0.326. The summed E-state index contributed by atoms with van der Waals surface area (Å²) in [6.45, 7) is 0.00190. The van der Waals surface area contributed by atoms with E-state index < -0.39 is 43.6 Å². The predicted octanol–water partition coefficient (Wildman–Crippen LogP) is -2.86. The maximum atomic E-state index is 9.58. The van der Waals surface area contributed by atoms with Crippen molar-refractivity contribution in [1.82, 2.24) is 0 Å². The maximum Gasteiger partial charge on any atom is 0.223 e. The van der Waals surface area contributed by atoms with Crippen LogP contribution >= 0.6 is 0 Å². The summed E-state index contributed by atoms with van der Waals surface area (Å²) < 4.78 is 9.83. The Morgan fingerprint density at radius 2 is 2.00 bits per heavy atom. The SMILES string of the molecule is CC(O)O[C@@]1(CO)O[C@H](CO)[C@@H](O)[C@@H]1O. The van der Waals surface area contributed by atoms with E-state index in [9.17, 15) is 10.2 Å². The molecule has 5 atom stereocenters. The van der Waals surface area contributed by atoms with E-state index in [0.717, 1.165) is 0 Å². The second kappa shape index (κ2) is 4.71. The van der Waals surface area contributed by atoms with Gasteiger partial charge in [0.2, 0.25) is 5.79 Å². The molecule has 1 rings (SSSR count). The van der Waals surface area contributed by atoms with E-state index in [4.69, 9.17) is 24.8 Å². The molecular formula is C8H16O7. The minimum Gasteiger partial charge on any atom is -0.394 e. The van der Waals surface area contributed by atoms with Crippen LogP contribution < -0.4 is 0 Å². The summed E-state index contributed by atoms with van der Waals surface area (Å²) in [4.78, 5) is 0. The molecule has 0 saturated carbocycles. The van der Waals surface area contributed by atoms with Gasteiger partial charge in [-0.2, -0.15) is 0 Å². The monoisotopic (exact) mass is 224 g/mol. The van der Waals surface area contributed by atoms with Crippen molar-refractivity contribution in [1.29, 1.82) is 0 Å². The lowest BCUT2D eigenvalue weighted by Gasteiger charge is -2.31. The molecule has 0 aromatic carbocycles. The fraction of sp³-hybridized carbons (Fsp3) is 1.00. The van der Waals surface area contributed by atoms with Crippen molar-refractivity contribution < 1.29 is 35.0 Å². The molecule has 5 N–H and O–H groups in total. The van der Waals surface area contributed by atoms with Gasteiger partial charge in [0, 0.05) is 0 Å². The molecule has 0 radical (unpaired) electrons. The van der Waals surface area contributed by atoms with E-state index in [1.54, 1.807) is 0 Å². The zero-order chi connectivity index (χ0) is 11.6. The summed E-state index contributed by atoms with van der Waals surface area (Å²) in [5.74, 6) is -1.89. The highest BCUT2D eigenvalue weighted by molar-refractivity contribution is 4.96. The zero-order valence-electron chi connectivity index (χ0n) is 8.28. The molecule has 1 fully saturated rings. The van der Waals surface area contributed by atoms with Crippen LogP contribution in [0.3, 0.4) is 0 Å². The van der Waals surface area contributed by atoms with Crippen LogP contribution in [-0.4, -0.2) is 69.1 Å². The Bertz CT molecular complexity index is 209. The number of hydrogen-bond acceptors (Lipinski definition) is 7. The molecule has 15 heavy (non-hydrogen) atoms. The Labute approximate surface area is 86.5 Å². The van der Waals surface area contributed by atoms with E-state index in [1.165, 1.54) is 6.92 Å². The summed E-state index contributed by atoms with van der Waals surface area (Å²) in [5.41, 5.74) is 0. The third-order valence-electron chi connectivity index (χ3n) is 2.28. The molecular weight excluding hydrogens is 208 g/mol. The topological polar surface area (TPSA) is 120 Å². The summed E-state index contributed by atoms with van der Waals surface area (Å²) in [6, 6.07) is 0. The third-order valence-corrected chi connectivity index (χ3v) is 2.28. The minimum absolute atomic E-state index is 0.525. The van der Waals surface area contributed by atoms with Crippen molar-refractivity contribution in [3.05, 3.63) is 0 Å². The van der Waals surface area contributed by atoms with Gasteiger partial charge in [0.15, 0.2) is 6.29 Å². The van der Waals surface area contributed by atoms with Gasteiger partial charge in [0.1, 0.15) is 24.9 Å². The van der Waals surface area contributed by atoms with Gasteiger partial charge in [-0.05, 0) is 6.92 Å². The lowest BCUT2D eigenvalue weighted by atomic mass is 10.1. The van der Waals surface area contributed by atoms with Crippen LogP contribution in [0, 0.1) is 0 Å². The first-order chi connectivity index (χ1) is 6.96. The van der Waals surface area contributed by atoms with Crippen LogP contribution in [0.4, 0.5) is 0 Å². The molecule has 90 valence electrons. The molecule has 0 aliphatic carbocycles. The van der Waals surface area contributed by atoms with Crippen LogP contribution in [-0.2, 0) is 9.47 Å². The average Bonchev–Trinajstić information content (AvgIpc) is 2.42. The van der Waals surface area contributed by atoms with Crippen LogP contribution in [0.2, 0.25) is 0 Å². The Balaban J connectivity index is 2.81. The van der Waals surface area contributed by atoms with Crippen molar-refractivity contribution >= 4 is 0 Å². The highest BCUT2D eigenvalue weighted by Gasteiger charge is 2.55. The Morgan fingerprint density at radius 1 is 1.40 bits per heavy atom. The van der Waals surface area contributed by atoms with Crippen molar-refractivity contribution in [3.8, 4) is 0 Å². The number of ether oxygens (including phenoxy) is 2. The highest BCUT2D eigenvalue weighted by Crippen LogP contribution is 2.32. The van der Waals surface area contributed by atoms with E-state index in [2.05, 4.69) is 0 Å². The van der Waals surface area contributed by atoms with Crippen molar-refractivity contribution in [2.45, 2.75) is 37.3 Å². The predicted molar refractivity (Wildman–Crippen MR) is 46.6 cm³/mol. The summed E-state index contributed by atoms with van der Waals surface area (Å²) in [6.07, 6.45) is -5.24. The number of hydrogen-bond donors (Lipinski definition) is 5. The van der Waals surface area contributed by atoms with Crippen molar-refractivity contribution in [2.75, 3.05) is 13.2 Å².